The molecule has 96 valence electrons. The number of nitrogens with zero attached hydrogens (tertiary/aromatic N) is 2. The number of carbonyl (C=O) groups excluding carboxylic acids is 1. The van der Waals surface area contributed by atoms with E-state index in [2.05, 4.69) is 23.7 Å². The Labute approximate surface area is 111 Å². The summed E-state index contributed by atoms with van der Waals surface area (Å²) >= 11 is 4.22. The van der Waals surface area contributed by atoms with Crippen molar-refractivity contribution in [2.45, 2.75) is 32.1 Å². The van der Waals surface area contributed by atoms with Crippen LogP contribution in [0.1, 0.15) is 32.1 Å². The number of thiol groups is 1. The Kier molecular flexibility index (Phi) is 3.35. The van der Waals surface area contributed by atoms with Gasteiger partial charge in [0.1, 0.15) is 16.8 Å². The first-order valence-electron chi connectivity index (χ1n) is 6.00. The summed E-state index contributed by atoms with van der Waals surface area (Å²) in [4.78, 5) is 15.7. The summed E-state index contributed by atoms with van der Waals surface area (Å²) in [7, 11) is 0. The third kappa shape index (κ3) is 1.79. The molecule has 1 aliphatic heterocycles. The lowest BCUT2D eigenvalue weighted by atomic mass is 9.60. The predicted molar refractivity (Wildman–Crippen MR) is 71.4 cm³/mol. The maximum atomic E-state index is 11.7. The molecule has 1 amide bonds. The van der Waals surface area contributed by atoms with Gasteiger partial charge in [-0.2, -0.15) is 5.26 Å². The molecule has 0 aromatic heterocycles. The molecule has 4 N–H and O–H groups in total. The number of primary amides is 1. The molecule has 18 heavy (non-hydrogen) atoms. The van der Waals surface area contributed by atoms with Crippen molar-refractivity contribution in [3.05, 3.63) is 10.6 Å². The highest BCUT2D eigenvalue weighted by atomic mass is 32.1. The minimum atomic E-state index is -0.582. The van der Waals surface area contributed by atoms with Gasteiger partial charge in [-0.25, -0.2) is 4.99 Å². The van der Waals surface area contributed by atoms with E-state index >= 15 is 0 Å². The highest BCUT2D eigenvalue weighted by Gasteiger charge is 2.50. The molecule has 2 rings (SSSR count). The minimum absolute atomic E-state index is 0.245. The van der Waals surface area contributed by atoms with Crippen LogP contribution < -0.4 is 11.5 Å². The first-order chi connectivity index (χ1) is 8.53. The van der Waals surface area contributed by atoms with E-state index < -0.39 is 17.2 Å². The van der Waals surface area contributed by atoms with Crippen molar-refractivity contribution in [3.8, 4) is 6.07 Å². The number of nitriles is 1. The van der Waals surface area contributed by atoms with Crippen LogP contribution in [0.3, 0.4) is 0 Å². The summed E-state index contributed by atoms with van der Waals surface area (Å²) in [5.74, 6) is -0.871. The average molecular weight is 264 g/mol. The number of hydrogen-bond acceptors (Lipinski definition) is 5. The molecule has 1 spiro atoms. The fourth-order valence-electron chi connectivity index (χ4n) is 3.16. The highest BCUT2D eigenvalue weighted by molar-refractivity contribution is 7.84. The molecule has 5 nitrogen and oxygen atoms in total. The second-order valence-electron chi connectivity index (χ2n) is 4.88. The zero-order valence-electron chi connectivity index (χ0n) is 10.0. The average Bonchev–Trinajstić information content (AvgIpc) is 2.29. The van der Waals surface area contributed by atoms with Gasteiger partial charge in [-0.3, -0.25) is 4.79 Å². The van der Waals surface area contributed by atoms with Crippen molar-refractivity contribution in [1.29, 1.82) is 5.26 Å². The largest absolute Gasteiger partial charge is 0.386 e. The third-order valence-corrected chi connectivity index (χ3v) is 4.25. The molecular formula is C12H16N4OS. The van der Waals surface area contributed by atoms with E-state index in [1.54, 1.807) is 0 Å². The van der Waals surface area contributed by atoms with Crippen molar-refractivity contribution in [2.75, 3.05) is 0 Å². The van der Waals surface area contributed by atoms with Gasteiger partial charge in [-0.1, -0.05) is 19.3 Å². The van der Waals surface area contributed by atoms with Gasteiger partial charge in [0.25, 0.3) is 0 Å². The van der Waals surface area contributed by atoms with E-state index in [1.165, 1.54) is 0 Å². The molecule has 0 aromatic carbocycles. The molecule has 0 radical (unpaired) electrons. The maximum absolute atomic E-state index is 11.7. The zero-order valence-corrected chi connectivity index (χ0v) is 10.9. The minimum Gasteiger partial charge on any atom is -0.386 e. The molecule has 0 saturated heterocycles. The fourth-order valence-corrected chi connectivity index (χ4v) is 3.61. The third-order valence-electron chi connectivity index (χ3n) is 3.93. The summed E-state index contributed by atoms with van der Waals surface area (Å²) in [6, 6.07) is 2.19. The quantitative estimate of drug-likeness (QED) is 0.617. The summed E-state index contributed by atoms with van der Waals surface area (Å²) in [5.41, 5.74) is 11.1. The molecule has 0 aromatic rings. The van der Waals surface area contributed by atoms with Gasteiger partial charge < -0.3 is 11.5 Å². The summed E-state index contributed by atoms with van der Waals surface area (Å²) in [6.07, 6.45) is 4.51. The van der Waals surface area contributed by atoms with Gasteiger partial charge >= 0.3 is 0 Å². The lowest BCUT2D eigenvalue weighted by molar-refractivity contribution is -0.116. The number of amides is 1. The molecule has 1 saturated carbocycles. The van der Waals surface area contributed by atoms with E-state index in [1.807, 2.05) is 0 Å². The molecule has 1 fully saturated rings. The van der Waals surface area contributed by atoms with E-state index in [0.29, 0.717) is 5.57 Å². The summed E-state index contributed by atoms with van der Waals surface area (Å²) in [6.45, 7) is 0. The zero-order chi connectivity index (χ0) is 13.3. The normalized spacial score (nSPS) is 26.7. The Morgan fingerprint density at radius 3 is 2.56 bits per heavy atom. The number of hydrogen-bond donors (Lipinski definition) is 3. The number of carbonyl (C=O) groups is 1. The van der Waals surface area contributed by atoms with Crippen LogP contribution in [0.4, 0.5) is 0 Å². The summed E-state index contributed by atoms with van der Waals surface area (Å²) < 4.78 is 0. The smallest absolute Gasteiger partial charge is 0.247 e. The van der Waals surface area contributed by atoms with Gasteiger partial charge in [-0.05, 0) is 12.8 Å². The molecule has 2 aliphatic rings. The Morgan fingerprint density at radius 2 is 2.06 bits per heavy atom. The Morgan fingerprint density at radius 1 is 1.44 bits per heavy atom. The fraction of sp³-hybridized carbons (Fsp3) is 0.583. The number of aliphatic imine (C=N–C) groups is 1. The molecule has 0 bridgehead atoms. The van der Waals surface area contributed by atoms with Crippen LogP contribution in [0, 0.1) is 22.7 Å². The lowest BCUT2D eigenvalue weighted by Gasteiger charge is -2.43. The van der Waals surface area contributed by atoms with Crippen LogP contribution in [-0.4, -0.2) is 11.7 Å². The Bertz CT molecular complexity index is 483. The first kappa shape index (κ1) is 13.0. The number of rotatable bonds is 1. The summed E-state index contributed by atoms with van der Waals surface area (Å²) in [5, 5.41) is 9.63. The second kappa shape index (κ2) is 4.65. The van der Waals surface area contributed by atoms with Gasteiger partial charge in [-0.15, -0.1) is 12.6 Å². The number of nitrogens with two attached hydrogens (primary N) is 2. The van der Waals surface area contributed by atoms with Crippen molar-refractivity contribution in [1.82, 2.24) is 0 Å². The SMILES string of the molecule is N#C[C@@H]1C(N)=NC(S)=C(C(N)=O)C12CCCCC2. The van der Waals surface area contributed by atoms with Crippen molar-refractivity contribution in [3.63, 3.8) is 0 Å². The van der Waals surface area contributed by atoms with Crippen LogP contribution in [-0.2, 0) is 4.79 Å². The Hall–Kier alpha value is -1.48. The molecule has 1 aliphatic carbocycles. The van der Waals surface area contributed by atoms with Gasteiger partial charge in [0.15, 0.2) is 0 Å². The topological polar surface area (TPSA) is 105 Å². The van der Waals surface area contributed by atoms with E-state index in [0.717, 1.165) is 32.1 Å². The number of amidine groups is 1. The monoisotopic (exact) mass is 264 g/mol. The first-order valence-corrected chi connectivity index (χ1v) is 6.45. The molecule has 0 unspecified atom stereocenters. The van der Waals surface area contributed by atoms with Gasteiger partial charge in [0, 0.05) is 5.41 Å². The predicted octanol–water partition coefficient (Wildman–Crippen LogP) is 1.07. The maximum Gasteiger partial charge on any atom is 0.247 e. The van der Waals surface area contributed by atoms with Gasteiger partial charge in [0.2, 0.25) is 5.91 Å². The molecular weight excluding hydrogens is 248 g/mol. The van der Waals surface area contributed by atoms with Crippen LogP contribution in [0.15, 0.2) is 15.6 Å². The molecule has 6 heteroatoms. The van der Waals surface area contributed by atoms with Crippen molar-refractivity contribution in [2.24, 2.45) is 27.8 Å². The van der Waals surface area contributed by atoms with E-state index in [9.17, 15) is 10.1 Å². The second-order valence-corrected chi connectivity index (χ2v) is 5.30. The van der Waals surface area contributed by atoms with E-state index in [4.69, 9.17) is 11.5 Å². The molecule has 1 atom stereocenters. The Balaban J connectivity index is 2.60. The highest BCUT2D eigenvalue weighted by Crippen LogP contribution is 2.51. The molecule has 1 heterocycles. The van der Waals surface area contributed by atoms with Gasteiger partial charge in [0.05, 0.1) is 11.6 Å². The van der Waals surface area contributed by atoms with Crippen LogP contribution >= 0.6 is 12.6 Å². The van der Waals surface area contributed by atoms with E-state index in [-0.39, 0.29) is 10.9 Å². The van der Waals surface area contributed by atoms with Crippen molar-refractivity contribution >= 4 is 24.4 Å². The van der Waals surface area contributed by atoms with Crippen LogP contribution in [0.2, 0.25) is 0 Å². The van der Waals surface area contributed by atoms with Crippen LogP contribution in [0.5, 0.6) is 0 Å². The van der Waals surface area contributed by atoms with Crippen molar-refractivity contribution < 1.29 is 4.79 Å². The van der Waals surface area contributed by atoms with Crippen LogP contribution in [0.25, 0.3) is 0 Å². The lowest BCUT2D eigenvalue weighted by Crippen LogP contribution is -2.47. The standard InChI is InChI=1S/C12H16N4OS/c13-6-7-9(14)16-11(18)8(10(15)17)12(7)4-2-1-3-5-12/h7,18H,1-5H2,(H2,14,16)(H2,15,17)/t7-/m1/s1.